The van der Waals surface area contributed by atoms with Crippen LogP contribution in [0.2, 0.25) is 0 Å². The molecule has 0 unspecified atom stereocenters. The molecule has 0 aromatic carbocycles. The zero-order valence-electron chi connectivity index (χ0n) is 8.81. The summed E-state index contributed by atoms with van der Waals surface area (Å²) < 4.78 is 31.7. The zero-order chi connectivity index (χ0) is 13.2. The molecule has 0 saturated heterocycles. The van der Waals surface area contributed by atoms with Crippen LogP contribution in [-0.4, -0.2) is 28.8 Å². The summed E-state index contributed by atoms with van der Waals surface area (Å²) in [5.74, 6) is -2.42. The molecule has 4 nitrogen and oxygen atoms in total. The second-order valence-electron chi connectivity index (χ2n) is 2.62. The lowest BCUT2D eigenvalue weighted by Crippen LogP contribution is -2.21. The lowest BCUT2D eigenvalue weighted by molar-refractivity contribution is -0.192. The molecule has 7 heteroatoms. The van der Waals surface area contributed by atoms with Gasteiger partial charge in [-0.05, 0) is 27.7 Å². The van der Waals surface area contributed by atoms with Crippen LogP contribution in [0, 0.1) is 0 Å². The van der Waals surface area contributed by atoms with Gasteiger partial charge in [0, 0.05) is 0 Å². The van der Waals surface area contributed by atoms with E-state index in [1.807, 2.05) is 0 Å². The predicted octanol–water partition coefficient (Wildman–Crippen LogP) is 1.82. The van der Waals surface area contributed by atoms with E-state index < -0.39 is 12.1 Å². The van der Waals surface area contributed by atoms with Crippen molar-refractivity contribution >= 4 is 17.5 Å². The third kappa shape index (κ3) is 66.9. The van der Waals surface area contributed by atoms with Crippen LogP contribution in [0.5, 0.6) is 0 Å². The minimum atomic E-state index is -5.08. The topological polar surface area (TPSA) is 71.4 Å². The van der Waals surface area contributed by atoms with E-state index in [0.717, 1.165) is 0 Å². The van der Waals surface area contributed by atoms with Crippen LogP contribution in [0.3, 0.4) is 0 Å². The standard InChI is InChI=1S/2C3H6O.C2HF3O2/c2*1-3(2)4;3-2(4,5)1(6)7/h2*1-2H3;(H,6,7). The van der Waals surface area contributed by atoms with Gasteiger partial charge in [-0.1, -0.05) is 0 Å². The molecule has 0 amide bonds. The summed E-state index contributed by atoms with van der Waals surface area (Å²) in [5.41, 5.74) is 0. The number of carboxylic acids is 1. The summed E-state index contributed by atoms with van der Waals surface area (Å²) in [5, 5.41) is 7.12. The van der Waals surface area contributed by atoms with Gasteiger partial charge in [-0.3, -0.25) is 0 Å². The predicted molar refractivity (Wildman–Crippen MR) is 46.4 cm³/mol. The van der Waals surface area contributed by atoms with Crippen molar-refractivity contribution in [2.45, 2.75) is 33.9 Å². The van der Waals surface area contributed by atoms with E-state index in [9.17, 15) is 22.8 Å². The van der Waals surface area contributed by atoms with Gasteiger partial charge >= 0.3 is 12.1 Å². The molecule has 0 aliphatic heterocycles. The Balaban J connectivity index is -0.000000155. The Kier molecular flexibility index (Phi) is 11.7. The smallest absolute Gasteiger partial charge is 0.475 e. The molecular formula is C8H13F3O4. The zero-order valence-corrected chi connectivity index (χ0v) is 8.81. The molecule has 0 spiro atoms. The van der Waals surface area contributed by atoms with Crippen LogP contribution in [0.15, 0.2) is 0 Å². The number of rotatable bonds is 0. The van der Waals surface area contributed by atoms with Crippen molar-refractivity contribution in [3.63, 3.8) is 0 Å². The summed E-state index contributed by atoms with van der Waals surface area (Å²) >= 11 is 0. The SMILES string of the molecule is CC(C)=O.CC(C)=O.O=C(O)C(F)(F)F. The van der Waals surface area contributed by atoms with Gasteiger partial charge in [-0.2, -0.15) is 13.2 Å². The number of ketones is 2. The Hall–Kier alpha value is -1.40. The fraction of sp³-hybridized carbons (Fsp3) is 0.625. The van der Waals surface area contributed by atoms with Gasteiger partial charge in [-0.25, -0.2) is 4.79 Å². The molecule has 0 saturated carbocycles. The van der Waals surface area contributed by atoms with E-state index in [1.54, 1.807) is 0 Å². The molecule has 15 heavy (non-hydrogen) atoms. The van der Waals surface area contributed by atoms with Gasteiger partial charge in [0.1, 0.15) is 11.6 Å². The first kappa shape index (κ1) is 19.2. The highest BCUT2D eigenvalue weighted by Gasteiger charge is 2.38. The van der Waals surface area contributed by atoms with Crippen molar-refractivity contribution in [3.8, 4) is 0 Å². The highest BCUT2D eigenvalue weighted by atomic mass is 19.4. The van der Waals surface area contributed by atoms with E-state index in [-0.39, 0.29) is 11.6 Å². The van der Waals surface area contributed by atoms with E-state index in [0.29, 0.717) is 0 Å². The third-order valence-corrected chi connectivity index (χ3v) is 0.243. The van der Waals surface area contributed by atoms with Crippen LogP contribution >= 0.6 is 0 Å². The maximum atomic E-state index is 10.6. The lowest BCUT2D eigenvalue weighted by Gasteiger charge is -1.93. The van der Waals surface area contributed by atoms with Crippen molar-refractivity contribution in [1.82, 2.24) is 0 Å². The summed E-state index contributed by atoms with van der Waals surface area (Å²) in [6, 6.07) is 0. The minimum Gasteiger partial charge on any atom is -0.475 e. The summed E-state index contributed by atoms with van der Waals surface area (Å²) in [6.45, 7) is 6.11. The van der Waals surface area contributed by atoms with Gasteiger partial charge in [0.25, 0.3) is 0 Å². The van der Waals surface area contributed by atoms with Crippen LogP contribution < -0.4 is 0 Å². The molecule has 0 aromatic heterocycles. The monoisotopic (exact) mass is 230 g/mol. The maximum Gasteiger partial charge on any atom is 0.490 e. The highest BCUT2D eigenvalue weighted by molar-refractivity contribution is 5.73. The first-order valence-corrected chi connectivity index (χ1v) is 3.65. The number of halogens is 3. The van der Waals surface area contributed by atoms with E-state index in [2.05, 4.69) is 0 Å². The molecule has 0 fully saturated rings. The molecule has 90 valence electrons. The van der Waals surface area contributed by atoms with Gasteiger partial charge in [0.2, 0.25) is 0 Å². The average Bonchev–Trinajstić information content (AvgIpc) is 1.80. The Labute approximate surface area is 85.1 Å². The van der Waals surface area contributed by atoms with Crippen molar-refractivity contribution in [3.05, 3.63) is 0 Å². The number of aliphatic carboxylic acids is 1. The van der Waals surface area contributed by atoms with E-state index in [1.165, 1.54) is 27.7 Å². The molecule has 0 aliphatic carbocycles. The molecular weight excluding hydrogens is 217 g/mol. The molecule has 0 radical (unpaired) electrons. The van der Waals surface area contributed by atoms with Gasteiger partial charge in [-0.15, -0.1) is 0 Å². The Morgan fingerprint density at radius 2 is 0.933 bits per heavy atom. The molecule has 0 bridgehead atoms. The van der Waals surface area contributed by atoms with E-state index in [4.69, 9.17) is 9.90 Å². The van der Waals surface area contributed by atoms with Crippen LogP contribution in [-0.2, 0) is 14.4 Å². The molecule has 0 aliphatic rings. The number of carboxylic acid groups (broad SMARTS) is 1. The maximum absolute atomic E-state index is 10.6. The fourth-order valence-electron chi connectivity index (χ4n) is 0. The Morgan fingerprint density at radius 1 is 0.867 bits per heavy atom. The van der Waals surface area contributed by atoms with Gasteiger partial charge in [0.15, 0.2) is 0 Å². The van der Waals surface area contributed by atoms with Crippen molar-refractivity contribution in [1.29, 1.82) is 0 Å². The first-order valence-electron chi connectivity index (χ1n) is 3.65. The third-order valence-electron chi connectivity index (χ3n) is 0.243. The van der Waals surface area contributed by atoms with Crippen molar-refractivity contribution in [2.75, 3.05) is 0 Å². The van der Waals surface area contributed by atoms with Crippen molar-refractivity contribution < 1.29 is 32.7 Å². The second kappa shape index (κ2) is 9.17. The molecule has 0 heterocycles. The van der Waals surface area contributed by atoms with Crippen LogP contribution in [0.25, 0.3) is 0 Å². The fourth-order valence-corrected chi connectivity index (χ4v) is 0. The number of Topliss-reactive ketones (excluding diaryl/α,β-unsaturated/α-hetero) is 2. The minimum absolute atomic E-state index is 0.167. The summed E-state index contributed by atoms with van der Waals surface area (Å²) in [4.78, 5) is 27.8. The number of hydrogen-bond acceptors (Lipinski definition) is 3. The highest BCUT2D eigenvalue weighted by Crippen LogP contribution is 2.13. The van der Waals surface area contributed by atoms with Crippen molar-refractivity contribution in [2.24, 2.45) is 0 Å². The summed E-state index contributed by atoms with van der Waals surface area (Å²) in [6.07, 6.45) is -5.08. The number of carbonyl (C=O) groups excluding carboxylic acids is 2. The molecule has 0 aromatic rings. The first-order chi connectivity index (χ1) is 6.41. The van der Waals surface area contributed by atoms with Gasteiger partial charge < -0.3 is 14.7 Å². The van der Waals surface area contributed by atoms with Crippen LogP contribution in [0.4, 0.5) is 13.2 Å². The lowest BCUT2D eigenvalue weighted by atomic mass is 10.6. The second-order valence-corrected chi connectivity index (χ2v) is 2.62. The van der Waals surface area contributed by atoms with Gasteiger partial charge in [0.05, 0.1) is 0 Å². The number of carbonyl (C=O) groups is 3. The van der Waals surface area contributed by atoms with E-state index >= 15 is 0 Å². The largest absolute Gasteiger partial charge is 0.490 e. The molecule has 0 atom stereocenters. The van der Waals surface area contributed by atoms with Crippen LogP contribution in [0.1, 0.15) is 27.7 Å². The number of hydrogen-bond donors (Lipinski definition) is 1. The Morgan fingerprint density at radius 3 is 0.933 bits per heavy atom. The quantitative estimate of drug-likeness (QED) is 0.689. The molecule has 0 rings (SSSR count). The molecule has 1 N–H and O–H groups in total. The number of alkyl halides is 3. The normalized spacial score (nSPS) is 8.73. The average molecular weight is 230 g/mol. The Bertz CT molecular complexity index is 200. The summed E-state index contributed by atoms with van der Waals surface area (Å²) in [7, 11) is 0.